The molecule has 3 atom stereocenters. The first-order valence-corrected chi connectivity index (χ1v) is 14.9. The maximum absolute atomic E-state index is 12.1. The van der Waals surface area contributed by atoms with Gasteiger partial charge in [-0.15, -0.1) is 0 Å². The van der Waals surface area contributed by atoms with Crippen LogP contribution in [0.1, 0.15) is 76.7 Å². The second-order valence-electron chi connectivity index (χ2n) is 9.29. The number of aliphatic carboxylic acids is 1. The Labute approximate surface area is 225 Å². The van der Waals surface area contributed by atoms with E-state index in [9.17, 15) is 24.2 Å². The lowest BCUT2D eigenvalue weighted by Crippen LogP contribution is -2.35. The van der Waals surface area contributed by atoms with Crippen LogP contribution < -0.4 is 15.8 Å². The van der Waals surface area contributed by atoms with Gasteiger partial charge in [-0.25, -0.2) is 4.57 Å². The summed E-state index contributed by atoms with van der Waals surface area (Å²) in [7, 11) is -4.59. The zero-order valence-electron chi connectivity index (χ0n) is 22.4. The van der Waals surface area contributed by atoms with Crippen molar-refractivity contribution < 1.29 is 43.0 Å². The summed E-state index contributed by atoms with van der Waals surface area (Å²) >= 11 is 0. The summed E-state index contributed by atoms with van der Waals surface area (Å²) in [6.07, 6.45) is 10.7. The highest BCUT2D eigenvalue weighted by molar-refractivity contribution is 7.47. The fourth-order valence-electron chi connectivity index (χ4n) is 3.49. The largest absolute Gasteiger partial charge is 0.494 e. The van der Waals surface area contributed by atoms with Crippen molar-refractivity contribution in [2.45, 2.75) is 89.7 Å². The smallest absolute Gasteiger partial charge is 0.472 e. The Balaban J connectivity index is 2.19. The van der Waals surface area contributed by atoms with Gasteiger partial charge in [0.05, 0.1) is 25.9 Å². The van der Waals surface area contributed by atoms with Crippen molar-refractivity contribution in [3.63, 3.8) is 0 Å². The SMILES string of the molecule is CCCCCCCCCCCOc1cccc(CCC(=O)NC[C@@H](O)COP(=O)(O)OC[C@H](N)C(=O)O)c1. The Bertz CT molecular complexity index is 856. The van der Waals surface area contributed by atoms with Gasteiger partial charge in [0.15, 0.2) is 0 Å². The third-order valence-corrected chi connectivity index (χ3v) is 6.71. The fourth-order valence-corrected chi connectivity index (χ4v) is 4.28. The standard InChI is InChI=1S/C26H45N2O9P/c1-2-3-4-5-6-7-8-9-10-16-35-23-13-11-12-21(17-23)14-15-25(30)28-18-22(29)19-36-38(33,34)37-20-24(27)26(31)32/h11-13,17,22,24,29H,2-10,14-16,18-20,27H2,1H3,(H,28,30)(H,31,32)(H,33,34)/t22-,24+/m1/s1. The molecule has 1 rings (SSSR count). The number of hydrogen-bond donors (Lipinski definition) is 5. The number of carboxylic acid groups (broad SMARTS) is 1. The maximum atomic E-state index is 12.1. The molecule has 0 fully saturated rings. The molecule has 1 aromatic carbocycles. The number of ether oxygens (including phenoxy) is 1. The third-order valence-electron chi connectivity index (χ3n) is 5.76. The summed E-state index contributed by atoms with van der Waals surface area (Å²) in [5, 5.41) is 21.0. The minimum absolute atomic E-state index is 0.184. The zero-order chi connectivity index (χ0) is 28.2. The van der Waals surface area contributed by atoms with Crippen LogP contribution in [-0.4, -0.2) is 65.5 Å². The van der Waals surface area contributed by atoms with Gasteiger partial charge in [-0.2, -0.15) is 0 Å². The first-order valence-electron chi connectivity index (χ1n) is 13.4. The van der Waals surface area contributed by atoms with E-state index in [-0.39, 0.29) is 18.9 Å². The summed E-state index contributed by atoms with van der Waals surface area (Å²) in [5.74, 6) is -0.933. The number of aryl methyl sites for hydroxylation is 1. The van der Waals surface area contributed by atoms with Gasteiger partial charge >= 0.3 is 13.8 Å². The number of amides is 1. The molecule has 0 radical (unpaired) electrons. The monoisotopic (exact) mass is 560 g/mol. The van der Waals surface area contributed by atoms with Crippen LogP contribution in [0.25, 0.3) is 0 Å². The van der Waals surface area contributed by atoms with E-state index in [0.29, 0.717) is 13.0 Å². The fraction of sp³-hybridized carbons (Fsp3) is 0.692. The van der Waals surface area contributed by atoms with E-state index in [0.717, 1.165) is 24.2 Å². The quantitative estimate of drug-likeness (QED) is 0.0982. The molecule has 218 valence electrons. The zero-order valence-corrected chi connectivity index (χ0v) is 23.3. The van der Waals surface area contributed by atoms with Gasteiger partial charge in [-0.05, 0) is 30.5 Å². The maximum Gasteiger partial charge on any atom is 0.472 e. The van der Waals surface area contributed by atoms with E-state index in [2.05, 4.69) is 21.3 Å². The van der Waals surface area contributed by atoms with Gasteiger partial charge in [0.2, 0.25) is 5.91 Å². The molecule has 0 saturated carbocycles. The van der Waals surface area contributed by atoms with Gasteiger partial charge in [0.25, 0.3) is 0 Å². The van der Waals surface area contributed by atoms with Crippen molar-refractivity contribution >= 4 is 19.7 Å². The van der Waals surface area contributed by atoms with Gasteiger partial charge < -0.3 is 30.9 Å². The average molecular weight is 561 g/mol. The molecule has 0 saturated heterocycles. The first kappa shape index (κ1) is 34.0. The molecule has 0 bridgehead atoms. The topological polar surface area (TPSA) is 178 Å². The van der Waals surface area contributed by atoms with Crippen LogP contribution in [0.3, 0.4) is 0 Å². The van der Waals surface area contributed by atoms with Crippen LogP contribution in [0.2, 0.25) is 0 Å². The summed E-state index contributed by atoms with van der Waals surface area (Å²) in [6.45, 7) is 1.36. The van der Waals surface area contributed by atoms with E-state index in [1.54, 1.807) is 0 Å². The average Bonchev–Trinajstić information content (AvgIpc) is 2.89. The Hall–Kier alpha value is -2.01. The number of benzene rings is 1. The molecule has 0 heterocycles. The molecule has 12 heteroatoms. The van der Waals surface area contributed by atoms with Crippen molar-refractivity contribution in [2.24, 2.45) is 5.73 Å². The van der Waals surface area contributed by atoms with Gasteiger partial charge in [0.1, 0.15) is 11.8 Å². The number of carboxylic acids is 1. The number of carbonyl (C=O) groups is 2. The van der Waals surface area contributed by atoms with Crippen LogP contribution in [0, 0.1) is 0 Å². The van der Waals surface area contributed by atoms with E-state index >= 15 is 0 Å². The number of aliphatic hydroxyl groups excluding tert-OH is 1. The lowest BCUT2D eigenvalue weighted by molar-refractivity contribution is -0.139. The van der Waals surface area contributed by atoms with E-state index in [4.69, 9.17) is 15.6 Å². The minimum Gasteiger partial charge on any atom is -0.494 e. The third kappa shape index (κ3) is 17.5. The lowest BCUT2D eigenvalue weighted by atomic mass is 10.1. The number of unbranched alkanes of at least 4 members (excludes halogenated alkanes) is 8. The van der Waals surface area contributed by atoms with Crippen LogP contribution in [0.15, 0.2) is 24.3 Å². The van der Waals surface area contributed by atoms with Crippen molar-refractivity contribution in [3.8, 4) is 5.75 Å². The predicted octanol–water partition coefficient (Wildman–Crippen LogP) is 3.55. The Morgan fingerprint density at radius 3 is 2.32 bits per heavy atom. The van der Waals surface area contributed by atoms with Crippen molar-refractivity contribution in [1.82, 2.24) is 5.32 Å². The minimum atomic E-state index is -4.59. The lowest BCUT2D eigenvalue weighted by Gasteiger charge is -2.16. The van der Waals surface area contributed by atoms with Crippen molar-refractivity contribution in [1.29, 1.82) is 0 Å². The van der Waals surface area contributed by atoms with E-state index in [1.165, 1.54) is 44.9 Å². The highest BCUT2D eigenvalue weighted by Gasteiger charge is 2.25. The van der Waals surface area contributed by atoms with Gasteiger partial charge in [0, 0.05) is 13.0 Å². The molecule has 6 N–H and O–H groups in total. The first-order chi connectivity index (χ1) is 18.1. The summed E-state index contributed by atoms with van der Waals surface area (Å²) in [6, 6.07) is 6.12. The van der Waals surface area contributed by atoms with Gasteiger partial charge in [-0.3, -0.25) is 18.6 Å². The Kier molecular flexibility index (Phi) is 17.9. The van der Waals surface area contributed by atoms with Crippen LogP contribution in [-0.2, 0) is 29.6 Å². The van der Waals surface area contributed by atoms with Crippen molar-refractivity contribution in [2.75, 3.05) is 26.4 Å². The molecule has 1 aromatic rings. The van der Waals surface area contributed by atoms with Crippen LogP contribution >= 0.6 is 7.82 Å². The summed E-state index contributed by atoms with van der Waals surface area (Å²) in [4.78, 5) is 32.2. The molecule has 1 amide bonds. The Morgan fingerprint density at radius 2 is 1.66 bits per heavy atom. The normalized spacial score (nSPS) is 14.4. The number of phosphoric ester groups is 1. The Morgan fingerprint density at radius 1 is 1.03 bits per heavy atom. The number of nitrogens with two attached hydrogens (primary N) is 1. The van der Waals surface area contributed by atoms with Crippen LogP contribution in [0.5, 0.6) is 5.75 Å². The highest BCUT2D eigenvalue weighted by atomic mass is 31.2. The molecule has 11 nitrogen and oxygen atoms in total. The summed E-state index contributed by atoms with van der Waals surface area (Å²) < 4.78 is 26.6. The molecule has 0 aliphatic heterocycles. The highest BCUT2D eigenvalue weighted by Crippen LogP contribution is 2.43. The number of aliphatic hydroxyl groups is 1. The molecule has 1 unspecified atom stereocenters. The number of carbonyl (C=O) groups excluding carboxylic acids is 1. The van der Waals surface area contributed by atoms with Crippen LogP contribution in [0.4, 0.5) is 0 Å². The second kappa shape index (κ2) is 20.0. The second-order valence-corrected chi connectivity index (χ2v) is 10.7. The molecule has 0 spiro atoms. The predicted molar refractivity (Wildman–Crippen MR) is 144 cm³/mol. The summed E-state index contributed by atoms with van der Waals surface area (Å²) in [5.41, 5.74) is 6.13. The molecule has 0 aliphatic carbocycles. The number of phosphoric acid groups is 1. The number of nitrogens with one attached hydrogen (secondary N) is 1. The number of rotatable bonds is 23. The molecular formula is C26H45N2O9P. The molecule has 38 heavy (non-hydrogen) atoms. The molecule has 0 aliphatic rings. The molecule has 0 aromatic heterocycles. The molecular weight excluding hydrogens is 515 g/mol. The van der Waals surface area contributed by atoms with E-state index < -0.39 is 39.2 Å². The van der Waals surface area contributed by atoms with Crippen molar-refractivity contribution in [3.05, 3.63) is 29.8 Å². The number of hydrogen-bond acceptors (Lipinski definition) is 8. The van der Waals surface area contributed by atoms with E-state index in [1.807, 2.05) is 24.3 Å². The van der Waals surface area contributed by atoms with Gasteiger partial charge in [-0.1, -0.05) is 70.4 Å².